The first-order valence-corrected chi connectivity index (χ1v) is 5.54. The van der Waals surface area contributed by atoms with Crippen molar-refractivity contribution in [3.05, 3.63) is 0 Å². The van der Waals surface area contributed by atoms with E-state index in [0.717, 1.165) is 0 Å². The number of nitrogens with one attached hydrogen (secondary N) is 1. The zero-order chi connectivity index (χ0) is 12.0. The molecule has 2 fully saturated rings. The van der Waals surface area contributed by atoms with Crippen LogP contribution in [0.15, 0.2) is 0 Å². The second-order valence-electron chi connectivity index (χ2n) is 5.69. The van der Waals surface area contributed by atoms with Crippen LogP contribution < -0.4 is 5.32 Å². The van der Waals surface area contributed by atoms with Gasteiger partial charge in [-0.3, -0.25) is 4.79 Å². The highest BCUT2D eigenvalue weighted by Gasteiger charge is 2.50. The second-order valence-corrected chi connectivity index (χ2v) is 5.69. The second kappa shape index (κ2) is 4.46. The summed E-state index contributed by atoms with van der Waals surface area (Å²) in [4.78, 5) is 24.4. The molecule has 5 nitrogen and oxygen atoms in total. The number of likely N-dealkylation sites (tertiary alicyclic amines) is 1. The summed E-state index contributed by atoms with van der Waals surface area (Å²) in [6, 6.07) is 0. The third kappa shape index (κ3) is 3.10. The van der Waals surface area contributed by atoms with Gasteiger partial charge >= 0.3 is 6.09 Å². The van der Waals surface area contributed by atoms with Crippen molar-refractivity contribution in [2.75, 3.05) is 19.6 Å². The van der Waals surface area contributed by atoms with E-state index in [0.29, 0.717) is 26.1 Å². The van der Waals surface area contributed by atoms with Gasteiger partial charge in [0.15, 0.2) is 0 Å². The van der Waals surface area contributed by atoms with Crippen molar-refractivity contribution in [2.24, 2.45) is 0 Å². The smallest absolute Gasteiger partial charge is 0.410 e. The Morgan fingerprint density at radius 2 is 2.00 bits per heavy atom. The lowest BCUT2D eigenvalue weighted by Crippen LogP contribution is -2.68. The van der Waals surface area contributed by atoms with Gasteiger partial charge in [0.2, 0.25) is 0 Å². The van der Waals surface area contributed by atoms with Crippen molar-refractivity contribution in [3.8, 4) is 0 Å². The van der Waals surface area contributed by atoms with Gasteiger partial charge < -0.3 is 15.0 Å². The van der Waals surface area contributed by atoms with Crippen molar-refractivity contribution in [3.63, 3.8) is 0 Å². The number of Topliss-reactive ketones (excluding diaryl/α,β-unsaturated/α-hetero) is 1. The monoisotopic (exact) mass is 262 g/mol. The number of hydrogen-bond acceptors (Lipinski definition) is 4. The van der Waals surface area contributed by atoms with Crippen LogP contribution in [0.2, 0.25) is 0 Å². The molecular formula is C11H19ClN2O3. The minimum absolute atomic E-state index is 0. The van der Waals surface area contributed by atoms with Gasteiger partial charge in [-0.15, -0.1) is 12.4 Å². The predicted molar refractivity (Wildman–Crippen MR) is 65.4 cm³/mol. The fraction of sp³-hybridized carbons (Fsp3) is 0.818. The average molecular weight is 263 g/mol. The average Bonchev–Trinajstić information content (AvgIpc) is 2.41. The Morgan fingerprint density at radius 1 is 1.41 bits per heavy atom. The van der Waals surface area contributed by atoms with Crippen molar-refractivity contribution < 1.29 is 14.3 Å². The summed E-state index contributed by atoms with van der Waals surface area (Å²) < 4.78 is 5.25. The van der Waals surface area contributed by atoms with Crippen LogP contribution in [0.25, 0.3) is 0 Å². The van der Waals surface area contributed by atoms with Crippen LogP contribution >= 0.6 is 12.4 Å². The highest BCUT2D eigenvalue weighted by molar-refractivity contribution is 5.85. The summed E-state index contributed by atoms with van der Waals surface area (Å²) in [5.41, 5.74) is -0.618. The van der Waals surface area contributed by atoms with Crippen LogP contribution in [0.4, 0.5) is 4.79 Å². The van der Waals surface area contributed by atoms with Crippen LogP contribution in [0.5, 0.6) is 0 Å². The van der Waals surface area contributed by atoms with Crippen LogP contribution in [0.1, 0.15) is 27.2 Å². The number of hydrogen-bond donors (Lipinski definition) is 1. The maximum absolute atomic E-state index is 11.7. The lowest BCUT2D eigenvalue weighted by atomic mass is 9.88. The van der Waals surface area contributed by atoms with Gasteiger partial charge in [-0.05, 0) is 20.8 Å². The fourth-order valence-electron chi connectivity index (χ4n) is 2.15. The molecular weight excluding hydrogens is 244 g/mol. The lowest BCUT2D eigenvalue weighted by molar-refractivity contribution is -0.117. The molecule has 2 aliphatic rings. The Kier molecular flexibility index (Phi) is 3.74. The van der Waals surface area contributed by atoms with Crippen LogP contribution in [-0.2, 0) is 9.53 Å². The van der Waals surface area contributed by atoms with Gasteiger partial charge in [0.05, 0.1) is 12.1 Å². The Hall–Kier alpha value is -0.810. The lowest BCUT2D eigenvalue weighted by Gasteiger charge is -2.47. The number of carbonyl (C=O) groups is 2. The maximum Gasteiger partial charge on any atom is 0.410 e. The molecule has 0 aliphatic carbocycles. The Balaban J connectivity index is 0.00000144. The molecule has 0 unspecified atom stereocenters. The molecule has 0 aromatic carbocycles. The number of amides is 1. The fourth-order valence-corrected chi connectivity index (χ4v) is 2.15. The standard InChI is InChI=1S/C11H18N2O3.ClH/c1-10(2,3)16-9(15)13-6-11(7-13)4-8(14)5-12-11;/h12H,4-7H2,1-3H3;1H. The largest absolute Gasteiger partial charge is 0.444 e. The Morgan fingerprint density at radius 3 is 2.41 bits per heavy atom. The van der Waals surface area contributed by atoms with Crippen LogP contribution in [-0.4, -0.2) is 47.6 Å². The topological polar surface area (TPSA) is 58.6 Å². The molecule has 0 aromatic heterocycles. The van der Waals surface area contributed by atoms with E-state index in [1.807, 2.05) is 20.8 Å². The molecule has 0 atom stereocenters. The Labute approximate surface area is 107 Å². The molecule has 2 aliphatic heterocycles. The quantitative estimate of drug-likeness (QED) is 0.707. The maximum atomic E-state index is 11.7. The summed E-state index contributed by atoms with van der Waals surface area (Å²) >= 11 is 0. The van der Waals surface area contributed by atoms with E-state index >= 15 is 0 Å². The third-order valence-electron chi connectivity index (χ3n) is 2.83. The van der Waals surface area contributed by atoms with Gasteiger partial charge in [-0.1, -0.05) is 0 Å². The number of rotatable bonds is 0. The summed E-state index contributed by atoms with van der Waals surface area (Å²) in [5, 5.41) is 3.17. The van der Waals surface area contributed by atoms with E-state index in [1.54, 1.807) is 4.90 Å². The van der Waals surface area contributed by atoms with Crippen molar-refractivity contribution in [1.82, 2.24) is 10.2 Å². The number of ether oxygens (including phenoxy) is 1. The van der Waals surface area contributed by atoms with E-state index in [2.05, 4.69) is 5.32 Å². The molecule has 17 heavy (non-hydrogen) atoms. The summed E-state index contributed by atoms with van der Waals surface area (Å²) in [6.45, 7) is 7.12. The number of carbonyl (C=O) groups excluding carboxylic acids is 2. The molecule has 98 valence electrons. The highest BCUT2D eigenvalue weighted by Crippen LogP contribution is 2.29. The third-order valence-corrected chi connectivity index (χ3v) is 2.83. The normalized spacial score (nSPS) is 22.1. The number of halogens is 1. The summed E-state index contributed by atoms with van der Waals surface area (Å²) in [7, 11) is 0. The zero-order valence-corrected chi connectivity index (χ0v) is 11.2. The molecule has 1 amide bonds. The number of nitrogens with zero attached hydrogens (tertiary/aromatic N) is 1. The Bertz CT molecular complexity index is 332. The summed E-state index contributed by atoms with van der Waals surface area (Å²) in [6.07, 6.45) is 0.242. The van der Waals surface area contributed by atoms with Gasteiger partial charge in [0, 0.05) is 19.5 Å². The summed E-state index contributed by atoms with van der Waals surface area (Å²) in [5.74, 6) is 0.226. The van der Waals surface area contributed by atoms with E-state index in [-0.39, 0.29) is 29.8 Å². The minimum atomic E-state index is -0.460. The van der Waals surface area contributed by atoms with E-state index in [1.165, 1.54) is 0 Å². The SMILES string of the molecule is CC(C)(C)OC(=O)N1CC2(CC(=O)CN2)C1.Cl. The van der Waals surface area contributed by atoms with E-state index in [4.69, 9.17) is 4.74 Å². The molecule has 2 heterocycles. The highest BCUT2D eigenvalue weighted by atomic mass is 35.5. The van der Waals surface area contributed by atoms with Gasteiger partial charge in [0.1, 0.15) is 11.4 Å². The molecule has 2 rings (SSSR count). The minimum Gasteiger partial charge on any atom is -0.444 e. The molecule has 6 heteroatoms. The first kappa shape index (κ1) is 14.3. The molecule has 0 bridgehead atoms. The first-order valence-electron chi connectivity index (χ1n) is 5.54. The molecule has 1 spiro atoms. The predicted octanol–water partition coefficient (Wildman–Crippen LogP) is 0.960. The van der Waals surface area contributed by atoms with Crippen molar-refractivity contribution in [1.29, 1.82) is 0 Å². The molecule has 0 aromatic rings. The first-order chi connectivity index (χ1) is 7.30. The van der Waals surface area contributed by atoms with Gasteiger partial charge in [-0.25, -0.2) is 4.79 Å². The molecule has 1 N–H and O–H groups in total. The zero-order valence-electron chi connectivity index (χ0n) is 10.4. The van der Waals surface area contributed by atoms with E-state index < -0.39 is 5.60 Å². The van der Waals surface area contributed by atoms with Crippen LogP contribution in [0, 0.1) is 0 Å². The van der Waals surface area contributed by atoms with Crippen LogP contribution in [0.3, 0.4) is 0 Å². The van der Waals surface area contributed by atoms with Crippen molar-refractivity contribution in [2.45, 2.75) is 38.3 Å². The van der Waals surface area contributed by atoms with E-state index in [9.17, 15) is 9.59 Å². The van der Waals surface area contributed by atoms with Gasteiger partial charge in [0.25, 0.3) is 0 Å². The van der Waals surface area contributed by atoms with Gasteiger partial charge in [-0.2, -0.15) is 0 Å². The number of ketones is 1. The molecule has 0 saturated carbocycles. The van der Waals surface area contributed by atoms with Crippen molar-refractivity contribution >= 4 is 24.3 Å². The molecule has 0 radical (unpaired) electrons. The molecule has 2 saturated heterocycles.